The number of hydrogen-bond donors (Lipinski definition) is 1. The lowest BCUT2D eigenvalue weighted by molar-refractivity contribution is -0.122. The van der Waals surface area contributed by atoms with Gasteiger partial charge in [-0.05, 0) is 41.8 Å². The summed E-state index contributed by atoms with van der Waals surface area (Å²) in [6.45, 7) is -0.323. The molecule has 1 atom stereocenters. The van der Waals surface area contributed by atoms with Crippen molar-refractivity contribution in [3.63, 3.8) is 0 Å². The molecule has 0 saturated heterocycles. The molecule has 1 unspecified atom stereocenters. The number of halogens is 1. The number of nitrogens with zero attached hydrogens (tertiary/aromatic N) is 1. The smallest absolute Gasteiger partial charge is 0.262 e. The molecule has 5 nitrogen and oxygen atoms in total. The van der Waals surface area contributed by atoms with Crippen LogP contribution < -0.4 is 5.32 Å². The molecule has 3 aromatic rings. The number of fused-ring (bicyclic) bond motifs is 1. The van der Waals surface area contributed by atoms with Gasteiger partial charge >= 0.3 is 0 Å². The monoisotopic (exact) mass is 418 g/mol. The largest absolute Gasteiger partial charge is 0.347 e. The van der Waals surface area contributed by atoms with Gasteiger partial charge in [0.2, 0.25) is 5.91 Å². The van der Waals surface area contributed by atoms with E-state index < -0.39 is 17.7 Å². The molecule has 0 radical (unpaired) electrons. The fourth-order valence-corrected chi connectivity index (χ4v) is 3.69. The van der Waals surface area contributed by atoms with Crippen LogP contribution in [0.1, 0.15) is 37.9 Å². The van der Waals surface area contributed by atoms with Gasteiger partial charge < -0.3 is 5.32 Å². The highest BCUT2D eigenvalue weighted by Crippen LogP contribution is 2.23. The topological polar surface area (TPSA) is 66.5 Å². The molecule has 1 N–H and O–H groups in total. The molecule has 3 aromatic carbocycles. The molecule has 0 aromatic heterocycles. The van der Waals surface area contributed by atoms with Gasteiger partial charge in [0.1, 0.15) is 6.54 Å². The summed E-state index contributed by atoms with van der Waals surface area (Å²) in [6.07, 6.45) is 0.551. The summed E-state index contributed by atoms with van der Waals surface area (Å²) in [7, 11) is 0. The molecule has 1 heterocycles. The Balaban J connectivity index is 1.50. The third kappa shape index (κ3) is 4.11. The summed E-state index contributed by atoms with van der Waals surface area (Å²) in [6, 6.07) is 23.3. The van der Waals surface area contributed by atoms with Gasteiger partial charge in [0.15, 0.2) is 0 Å². The summed E-state index contributed by atoms with van der Waals surface area (Å²) < 4.78 is 0. The number of rotatable bonds is 6. The zero-order valence-corrected chi connectivity index (χ0v) is 16.8. The van der Waals surface area contributed by atoms with Gasteiger partial charge in [0, 0.05) is 5.02 Å². The number of carbonyl (C=O) groups is 3. The SMILES string of the molecule is O=C(CN1C(=O)c2ccccc2C1=O)NC(Cc1ccc(Cl)cc1)c1ccccc1. The van der Waals surface area contributed by atoms with Crippen LogP contribution in [0.25, 0.3) is 0 Å². The lowest BCUT2D eigenvalue weighted by atomic mass is 9.99. The minimum Gasteiger partial charge on any atom is -0.347 e. The molecule has 0 spiro atoms. The maximum absolute atomic E-state index is 12.8. The average Bonchev–Trinajstić information content (AvgIpc) is 3.00. The first-order chi connectivity index (χ1) is 14.5. The average molecular weight is 419 g/mol. The van der Waals surface area contributed by atoms with E-state index in [2.05, 4.69) is 5.32 Å². The van der Waals surface area contributed by atoms with Crippen molar-refractivity contribution < 1.29 is 14.4 Å². The normalized spacial score (nSPS) is 13.8. The van der Waals surface area contributed by atoms with E-state index >= 15 is 0 Å². The molecule has 6 heteroatoms. The van der Waals surface area contributed by atoms with Crippen molar-refractivity contribution in [1.29, 1.82) is 0 Å². The van der Waals surface area contributed by atoms with Gasteiger partial charge in [-0.3, -0.25) is 19.3 Å². The van der Waals surface area contributed by atoms with Crippen LogP contribution in [0, 0.1) is 0 Å². The van der Waals surface area contributed by atoms with Gasteiger partial charge in [-0.25, -0.2) is 0 Å². The van der Waals surface area contributed by atoms with Crippen LogP contribution in [0.5, 0.6) is 0 Å². The van der Waals surface area contributed by atoms with E-state index in [1.807, 2.05) is 42.5 Å². The first-order valence-corrected chi connectivity index (χ1v) is 9.94. The van der Waals surface area contributed by atoms with Gasteiger partial charge in [-0.1, -0.05) is 66.2 Å². The number of carbonyl (C=O) groups excluding carboxylic acids is 3. The van der Waals surface area contributed by atoms with E-state index in [4.69, 9.17) is 11.6 Å². The lowest BCUT2D eigenvalue weighted by Gasteiger charge is -2.21. The van der Waals surface area contributed by atoms with Crippen molar-refractivity contribution in [3.05, 3.63) is 106 Å². The summed E-state index contributed by atoms with van der Waals surface area (Å²) in [5, 5.41) is 3.62. The third-order valence-electron chi connectivity index (χ3n) is 5.07. The number of benzene rings is 3. The minimum atomic E-state index is -0.445. The molecule has 0 fully saturated rings. The molecular formula is C24H19ClN2O3. The molecule has 0 bridgehead atoms. The van der Waals surface area contributed by atoms with Crippen LogP contribution in [0.2, 0.25) is 5.02 Å². The van der Waals surface area contributed by atoms with Crippen LogP contribution in [0.15, 0.2) is 78.9 Å². The Labute approximate surface area is 179 Å². The van der Waals surface area contributed by atoms with Crippen molar-refractivity contribution in [2.45, 2.75) is 12.5 Å². The fraction of sp³-hybridized carbons (Fsp3) is 0.125. The number of nitrogens with one attached hydrogen (secondary N) is 1. The highest BCUT2D eigenvalue weighted by Gasteiger charge is 2.36. The molecule has 30 heavy (non-hydrogen) atoms. The van der Waals surface area contributed by atoms with Crippen molar-refractivity contribution in [2.24, 2.45) is 0 Å². The predicted molar refractivity (Wildman–Crippen MR) is 114 cm³/mol. The van der Waals surface area contributed by atoms with E-state index in [-0.39, 0.29) is 12.6 Å². The van der Waals surface area contributed by atoms with Gasteiger partial charge in [0.25, 0.3) is 11.8 Å². The Hall–Kier alpha value is -3.44. The minimum absolute atomic E-state index is 0.310. The predicted octanol–water partition coefficient (Wildman–Crippen LogP) is 4.04. The number of amides is 3. The van der Waals surface area contributed by atoms with Crippen LogP contribution in [-0.4, -0.2) is 29.2 Å². The third-order valence-corrected chi connectivity index (χ3v) is 5.32. The molecule has 1 aliphatic rings. The van der Waals surface area contributed by atoms with Crippen molar-refractivity contribution in [3.8, 4) is 0 Å². The Bertz CT molecular complexity index is 1060. The van der Waals surface area contributed by atoms with Crippen LogP contribution >= 0.6 is 11.6 Å². The summed E-state index contributed by atoms with van der Waals surface area (Å²) in [5.74, 6) is -1.29. The van der Waals surface area contributed by atoms with Crippen molar-refractivity contribution >= 4 is 29.3 Å². The number of hydrogen-bond acceptors (Lipinski definition) is 3. The first kappa shape index (κ1) is 19.9. The van der Waals surface area contributed by atoms with E-state index in [9.17, 15) is 14.4 Å². The molecule has 3 amide bonds. The zero-order valence-electron chi connectivity index (χ0n) is 16.0. The quantitative estimate of drug-likeness (QED) is 0.614. The Morgan fingerprint density at radius 1 is 0.833 bits per heavy atom. The molecule has 4 rings (SSSR count). The van der Waals surface area contributed by atoms with Crippen LogP contribution in [-0.2, 0) is 11.2 Å². The summed E-state index contributed by atoms with van der Waals surface area (Å²) in [5.41, 5.74) is 2.60. The first-order valence-electron chi connectivity index (χ1n) is 9.57. The highest BCUT2D eigenvalue weighted by molar-refractivity contribution is 6.30. The van der Waals surface area contributed by atoms with Gasteiger partial charge in [0.05, 0.1) is 17.2 Å². The van der Waals surface area contributed by atoms with Gasteiger partial charge in [-0.2, -0.15) is 0 Å². The molecule has 1 aliphatic heterocycles. The second kappa shape index (κ2) is 8.51. The molecular weight excluding hydrogens is 400 g/mol. The molecule has 150 valence electrons. The van der Waals surface area contributed by atoms with E-state index in [1.165, 1.54) is 0 Å². The second-order valence-corrected chi connectivity index (χ2v) is 7.54. The second-order valence-electron chi connectivity index (χ2n) is 7.10. The molecule has 0 saturated carbocycles. The standard InChI is InChI=1S/C24H19ClN2O3/c25-18-12-10-16(11-13-18)14-21(17-6-2-1-3-7-17)26-22(28)15-27-23(29)19-8-4-5-9-20(19)24(27)30/h1-13,21H,14-15H2,(H,26,28). The lowest BCUT2D eigenvalue weighted by Crippen LogP contribution is -2.42. The maximum atomic E-state index is 12.8. The summed E-state index contributed by atoms with van der Waals surface area (Å²) in [4.78, 5) is 38.8. The van der Waals surface area contributed by atoms with E-state index in [1.54, 1.807) is 36.4 Å². The van der Waals surface area contributed by atoms with E-state index in [0.717, 1.165) is 16.0 Å². The van der Waals surface area contributed by atoms with Crippen LogP contribution in [0.4, 0.5) is 0 Å². The Kier molecular flexibility index (Phi) is 5.63. The van der Waals surface area contributed by atoms with Gasteiger partial charge in [-0.15, -0.1) is 0 Å². The maximum Gasteiger partial charge on any atom is 0.262 e. The fourth-order valence-electron chi connectivity index (χ4n) is 3.56. The summed E-state index contributed by atoms with van der Waals surface area (Å²) >= 11 is 5.97. The van der Waals surface area contributed by atoms with Crippen molar-refractivity contribution in [1.82, 2.24) is 10.2 Å². The van der Waals surface area contributed by atoms with Crippen LogP contribution in [0.3, 0.4) is 0 Å². The Morgan fingerprint density at radius 3 is 2.00 bits per heavy atom. The Morgan fingerprint density at radius 2 is 1.40 bits per heavy atom. The zero-order chi connectivity index (χ0) is 21.1. The van der Waals surface area contributed by atoms with E-state index in [0.29, 0.717) is 22.6 Å². The highest BCUT2D eigenvalue weighted by atomic mass is 35.5. The number of imide groups is 1. The van der Waals surface area contributed by atoms with Crippen molar-refractivity contribution in [2.75, 3.05) is 6.54 Å². The molecule has 0 aliphatic carbocycles.